The van der Waals surface area contributed by atoms with Gasteiger partial charge in [0.15, 0.2) is 0 Å². The van der Waals surface area contributed by atoms with Crippen molar-refractivity contribution >= 4 is 22.6 Å². The second-order valence-electron chi connectivity index (χ2n) is 11.5. The van der Waals surface area contributed by atoms with Crippen LogP contribution in [0.25, 0.3) is 0 Å². The molecule has 150 valence electrons. The molecular formula is C25H43I. The van der Waals surface area contributed by atoms with Gasteiger partial charge in [-0.15, -0.1) is 0 Å². The van der Waals surface area contributed by atoms with Gasteiger partial charge in [-0.3, -0.25) is 0 Å². The van der Waals surface area contributed by atoms with Crippen LogP contribution in [-0.4, -0.2) is 4.43 Å². The lowest BCUT2D eigenvalue weighted by molar-refractivity contribution is -0.186. The van der Waals surface area contributed by atoms with Crippen LogP contribution in [-0.2, 0) is 0 Å². The van der Waals surface area contributed by atoms with E-state index in [1.807, 2.05) is 0 Å². The molecule has 0 heterocycles. The molecule has 0 aromatic heterocycles. The van der Waals surface area contributed by atoms with Crippen LogP contribution in [0.5, 0.6) is 0 Å². The minimum atomic E-state index is 0.634. The highest BCUT2D eigenvalue weighted by molar-refractivity contribution is 14.1. The summed E-state index contributed by atoms with van der Waals surface area (Å²) in [6.45, 7) is 10.8. The summed E-state index contributed by atoms with van der Waals surface area (Å²) in [5, 5.41) is 0. The minimum absolute atomic E-state index is 0.634. The maximum Gasteiger partial charge on any atom is -0.000462 e. The highest BCUT2D eigenvalue weighted by atomic mass is 127. The Balaban J connectivity index is 1.67. The zero-order valence-corrected chi connectivity index (χ0v) is 20.1. The molecule has 0 nitrogen and oxygen atoms in total. The van der Waals surface area contributed by atoms with Crippen molar-refractivity contribution in [2.45, 2.75) is 105 Å². The van der Waals surface area contributed by atoms with Crippen LogP contribution in [0, 0.1) is 45.8 Å². The molecule has 4 saturated carbocycles. The Morgan fingerprint density at radius 2 is 1.62 bits per heavy atom. The fourth-order valence-corrected chi connectivity index (χ4v) is 10.1. The van der Waals surface area contributed by atoms with E-state index in [1.165, 1.54) is 49.4 Å². The second-order valence-corrected chi connectivity index (χ2v) is 12.6. The summed E-state index contributed by atoms with van der Waals surface area (Å²) in [4.78, 5) is 0. The smallest absolute Gasteiger partial charge is 0.000462 e. The lowest BCUT2D eigenvalue weighted by Crippen LogP contribution is -2.60. The molecule has 4 aliphatic rings. The molecule has 4 aliphatic carbocycles. The van der Waals surface area contributed by atoms with Crippen LogP contribution in [0.15, 0.2) is 0 Å². The van der Waals surface area contributed by atoms with Gasteiger partial charge in [-0.2, -0.15) is 0 Å². The van der Waals surface area contributed by atoms with Crippen LogP contribution in [0.4, 0.5) is 0 Å². The van der Waals surface area contributed by atoms with Crippen LogP contribution in [0.1, 0.15) is 105 Å². The molecule has 0 aromatic carbocycles. The molecule has 4 fully saturated rings. The quantitative estimate of drug-likeness (QED) is 0.286. The standard InChI is InChI=1S/C25H43I/c1-5-18-17-25(4)21-12-11-19(9-8-16-26)23(21,2)15-13-22(25)24(3)14-7-6-10-20(18)24/h18-22H,5-17H2,1-4H3/t18-,19-,20-,21?,22?,23+,24-,25-/m0/s1. The zero-order chi connectivity index (χ0) is 18.6. The number of halogens is 1. The average molecular weight is 471 g/mol. The lowest BCUT2D eigenvalue weighted by Gasteiger charge is -2.67. The van der Waals surface area contributed by atoms with Crippen LogP contribution < -0.4 is 0 Å². The van der Waals surface area contributed by atoms with Gasteiger partial charge in [-0.1, -0.05) is 69.5 Å². The molecule has 4 rings (SSSR count). The molecule has 0 radical (unpaired) electrons. The summed E-state index contributed by atoms with van der Waals surface area (Å²) in [6, 6.07) is 0. The Morgan fingerprint density at radius 1 is 0.846 bits per heavy atom. The first-order chi connectivity index (χ1) is 12.4. The summed E-state index contributed by atoms with van der Waals surface area (Å²) < 4.78 is 1.35. The number of hydrogen-bond acceptors (Lipinski definition) is 0. The molecule has 0 bridgehead atoms. The molecular weight excluding hydrogens is 427 g/mol. The summed E-state index contributed by atoms with van der Waals surface area (Å²) in [5.74, 6) is 5.11. The Kier molecular flexibility index (Phi) is 5.55. The average Bonchev–Trinajstić information content (AvgIpc) is 2.96. The van der Waals surface area contributed by atoms with E-state index in [9.17, 15) is 0 Å². The Hall–Kier alpha value is 0.730. The second kappa shape index (κ2) is 7.21. The minimum Gasteiger partial charge on any atom is -0.0864 e. The molecule has 2 unspecified atom stereocenters. The van der Waals surface area contributed by atoms with Gasteiger partial charge in [0.05, 0.1) is 0 Å². The molecule has 0 amide bonds. The van der Waals surface area contributed by atoms with Gasteiger partial charge >= 0.3 is 0 Å². The number of fused-ring (bicyclic) bond motifs is 5. The van der Waals surface area contributed by atoms with Crippen LogP contribution >= 0.6 is 22.6 Å². The van der Waals surface area contributed by atoms with Gasteiger partial charge in [-0.05, 0) is 108 Å². The van der Waals surface area contributed by atoms with E-state index in [-0.39, 0.29) is 0 Å². The Labute approximate surface area is 177 Å². The van der Waals surface area contributed by atoms with Crippen molar-refractivity contribution in [3.8, 4) is 0 Å². The van der Waals surface area contributed by atoms with Crippen molar-refractivity contribution in [3.05, 3.63) is 0 Å². The molecule has 0 saturated heterocycles. The first-order valence-corrected chi connectivity index (χ1v) is 13.5. The summed E-state index contributed by atoms with van der Waals surface area (Å²) in [5.41, 5.74) is 1.95. The molecule has 8 atom stereocenters. The van der Waals surface area contributed by atoms with E-state index >= 15 is 0 Å². The van der Waals surface area contributed by atoms with Gasteiger partial charge in [0, 0.05) is 0 Å². The maximum atomic E-state index is 2.79. The predicted molar refractivity (Wildman–Crippen MR) is 122 cm³/mol. The van der Waals surface area contributed by atoms with Crippen molar-refractivity contribution in [2.75, 3.05) is 4.43 Å². The van der Waals surface area contributed by atoms with Gasteiger partial charge in [0.25, 0.3) is 0 Å². The van der Waals surface area contributed by atoms with Gasteiger partial charge in [0.1, 0.15) is 0 Å². The summed E-state index contributed by atoms with van der Waals surface area (Å²) in [7, 11) is 0. The Bertz CT molecular complexity index is 514. The first-order valence-electron chi connectivity index (χ1n) is 12.0. The molecule has 0 aliphatic heterocycles. The molecule has 26 heavy (non-hydrogen) atoms. The predicted octanol–water partition coefficient (Wildman–Crippen LogP) is 8.28. The molecule has 0 spiro atoms. The van der Waals surface area contributed by atoms with Crippen molar-refractivity contribution in [1.29, 1.82) is 0 Å². The van der Waals surface area contributed by atoms with Gasteiger partial charge in [0.2, 0.25) is 0 Å². The highest BCUT2D eigenvalue weighted by Crippen LogP contribution is 2.73. The first kappa shape index (κ1) is 20.0. The normalized spacial score (nSPS) is 53.7. The monoisotopic (exact) mass is 470 g/mol. The molecule has 1 heteroatoms. The number of rotatable bonds is 4. The fraction of sp³-hybridized carbons (Fsp3) is 1.00. The lowest BCUT2D eigenvalue weighted by atomic mass is 9.37. The highest BCUT2D eigenvalue weighted by Gasteiger charge is 2.65. The largest absolute Gasteiger partial charge is 0.0864 e. The topological polar surface area (TPSA) is 0 Å². The molecule has 0 aromatic rings. The third-order valence-electron chi connectivity index (χ3n) is 10.7. The Morgan fingerprint density at radius 3 is 2.35 bits per heavy atom. The van der Waals surface area contributed by atoms with Crippen molar-refractivity contribution in [1.82, 2.24) is 0 Å². The summed E-state index contributed by atoms with van der Waals surface area (Å²) >= 11 is 2.59. The van der Waals surface area contributed by atoms with E-state index in [4.69, 9.17) is 0 Å². The van der Waals surface area contributed by atoms with Crippen LogP contribution in [0.3, 0.4) is 0 Å². The number of hydrogen-bond donors (Lipinski definition) is 0. The van der Waals surface area contributed by atoms with E-state index in [0.717, 1.165) is 29.6 Å². The number of alkyl halides is 1. The van der Waals surface area contributed by atoms with E-state index in [2.05, 4.69) is 50.3 Å². The summed E-state index contributed by atoms with van der Waals surface area (Å²) in [6.07, 6.45) is 18.2. The van der Waals surface area contributed by atoms with E-state index in [0.29, 0.717) is 16.2 Å². The van der Waals surface area contributed by atoms with Gasteiger partial charge in [-0.25, -0.2) is 0 Å². The fourth-order valence-electron chi connectivity index (χ4n) is 9.69. The maximum absolute atomic E-state index is 2.79. The third-order valence-corrected chi connectivity index (χ3v) is 11.5. The van der Waals surface area contributed by atoms with Crippen molar-refractivity contribution in [3.63, 3.8) is 0 Å². The van der Waals surface area contributed by atoms with Crippen LogP contribution in [0.2, 0.25) is 0 Å². The SMILES string of the molecule is CC[C@H]1C[C@@]2(C)C3CC[C@H](CCCI)[C@@]3(C)CCC2[C@@]2(C)CCCC[C@@H]12. The van der Waals surface area contributed by atoms with Crippen molar-refractivity contribution in [2.24, 2.45) is 45.8 Å². The molecule has 0 N–H and O–H groups in total. The van der Waals surface area contributed by atoms with E-state index in [1.54, 1.807) is 32.1 Å². The third kappa shape index (κ3) is 2.78. The van der Waals surface area contributed by atoms with E-state index < -0.39 is 0 Å². The van der Waals surface area contributed by atoms with Gasteiger partial charge < -0.3 is 0 Å². The zero-order valence-electron chi connectivity index (χ0n) is 18.0. The van der Waals surface area contributed by atoms with Crippen molar-refractivity contribution < 1.29 is 0 Å².